The third-order valence-electron chi connectivity index (χ3n) is 2.92. The van der Waals surface area contributed by atoms with Crippen molar-refractivity contribution in [3.63, 3.8) is 0 Å². The van der Waals surface area contributed by atoms with Crippen molar-refractivity contribution in [3.05, 3.63) is 54.6 Å². The zero-order valence-corrected chi connectivity index (χ0v) is 13.8. The van der Waals surface area contributed by atoms with Gasteiger partial charge in [0.1, 0.15) is 0 Å². The Labute approximate surface area is 127 Å². The molecule has 2 aromatic rings. The quantitative estimate of drug-likeness (QED) is 0.570. The van der Waals surface area contributed by atoms with Gasteiger partial charge in [0.2, 0.25) is 0 Å². The van der Waals surface area contributed by atoms with Crippen molar-refractivity contribution in [1.82, 2.24) is 0 Å². The summed E-state index contributed by atoms with van der Waals surface area (Å²) in [4.78, 5) is 2.13. The molecule has 2 nitrogen and oxygen atoms in total. The van der Waals surface area contributed by atoms with Gasteiger partial charge in [0.05, 0.1) is 0 Å². The van der Waals surface area contributed by atoms with E-state index in [4.69, 9.17) is 4.74 Å². The Bertz CT molecular complexity index is 496. The summed E-state index contributed by atoms with van der Waals surface area (Å²) >= 11 is 0.547. The van der Waals surface area contributed by atoms with Crippen LogP contribution in [0.1, 0.15) is 6.42 Å². The first kappa shape index (κ1) is 15.0. The Morgan fingerprint density at radius 1 is 0.950 bits per heavy atom. The van der Waals surface area contributed by atoms with Crippen LogP contribution in [0.2, 0.25) is 5.32 Å². The number of para-hydroxylation sites is 1. The second kappa shape index (κ2) is 7.98. The molecule has 0 aliphatic heterocycles. The Kier molecular flexibility index (Phi) is 5.97. The van der Waals surface area contributed by atoms with Crippen LogP contribution in [0.5, 0.6) is 5.75 Å². The van der Waals surface area contributed by atoms with E-state index in [9.17, 15) is 0 Å². The summed E-state index contributed by atoms with van der Waals surface area (Å²) in [6.07, 6.45) is 1.12. The zero-order valence-electron chi connectivity index (χ0n) is 12.1. The predicted octanol–water partition coefficient (Wildman–Crippen LogP) is 2.97. The summed E-state index contributed by atoms with van der Waals surface area (Å²) in [6.45, 7) is 0.807. The summed E-state index contributed by atoms with van der Waals surface area (Å²) in [5.41, 5.74) is 1.26. The van der Waals surface area contributed by atoms with Crippen molar-refractivity contribution < 1.29 is 4.74 Å². The van der Waals surface area contributed by atoms with E-state index in [0.29, 0.717) is 15.0 Å². The molecule has 0 aromatic heterocycles. The Morgan fingerprint density at radius 2 is 1.65 bits per heavy atom. The molecule has 3 heteroatoms. The maximum absolute atomic E-state index is 5.70. The number of hydrogen-bond acceptors (Lipinski definition) is 2. The molecule has 2 aromatic carbocycles. The molecule has 0 aliphatic carbocycles. The molecular weight excluding hydrogens is 313 g/mol. The zero-order chi connectivity index (χ0) is 14.2. The second-order valence-corrected chi connectivity index (χ2v) is 7.20. The number of rotatable bonds is 7. The molecule has 20 heavy (non-hydrogen) atoms. The van der Waals surface area contributed by atoms with Crippen molar-refractivity contribution in [1.29, 1.82) is 0 Å². The third kappa shape index (κ3) is 4.92. The van der Waals surface area contributed by atoms with Crippen LogP contribution in [0.3, 0.4) is 0 Å². The molecule has 0 bridgehead atoms. The molecule has 0 atom stereocenters. The maximum atomic E-state index is 5.70. The first-order valence-electron chi connectivity index (χ1n) is 6.84. The molecule has 0 heterocycles. The molecule has 0 unspecified atom stereocenters. The molecule has 0 N–H and O–H groups in total. The van der Waals surface area contributed by atoms with Gasteiger partial charge < -0.3 is 0 Å². The summed E-state index contributed by atoms with van der Waals surface area (Å²) in [6, 6.07) is 18.9. The first-order valence-corrected chi connectivity index (χ1v) is 8.90. The second-order valence-electron chi connectivity index (χ2n) is 4.75. The van der Waals surface area contributed by atoms with Gasteiger partial charge in [-0.05, 0) is 0 Å². The first-order chi connectivity index (χ1) is 9.75. The molecule has 0 radical (unpaired) electrons. The fourth-order valence-electron chi connectivity index (χ4n) is 1.80. The number of ether oxygens (including phenoxy) is 1. The van der Waals surface area contributed by atoms with Gasteiger partial charge in [0.25, 0.3) is 0 Å². The van der Waals surface area contributed by atoms with Gasteiger partial charge in [-0.15, -0.1) is 0 Å². The van der Waals surface area contributed by atoms with Crippen LogP contribution < -0.4 is 14.1 Å². The summed E-state index contributed by atoms with van der Waals surface area (Å²) in [5.74, 6) is 0.968. The molecule has 0 spiro atoms. The van der Waals surface area contributed by atoms with Crippen molar-refractivity contribution in [2.75, 3.05) is 25.6 Å². The Morgan fingerprint density at radius 3 is 2.30 bits per heavy atom. The van der Waals surface area contributed by atoms with Crippen LogP contribution in [0.25, 0.3) is 0 Å². The number of benzene rings is 2. The number of anilines is 1. The van der Waals surface area contributed by atoms with Crippen LogP contribution >= 0.6 is 0 Å². The van der Waals surface area contributed by atoms with Crippen molar-refractivity contribution in [3.8, 4) is 5.75 Å². The summed E-state index contributed by atoms with van der Waals surface area (Å²) in [7, 11) is 4.14. The Balaban J connectivity index is 1.66. The van der Waals surface area contributed by atoms with E-state index < -0.39 is 0 Å². The van der Waals surface area contributed by atoms with Crippen LogP contribution in [0, 0.1) is 0 Å². The monoisotopic (exact) mass is 335 g/mol. The van der Waals surface area contributed by atoms with Crippen LogP contribution in [0.4, 0.5) is 5.69 Å². The molecule has 0 saturated heterocycles. The third-order valence-corrected chi connectivity index (χ3v) is 5.23. The summed E-state index contributed by atoms with van der Waals surface area (Å²) in [5, 5.41) is 1.22. The molecular formula is C17H21NOSe. The minimum atomic E-state index is 0.547. The normalized spacial score (nSPS) is 10.3. The van der Waals surface area contributed by atoms with E-state index in [1.54, 1.807) is 0 Å². The van der Waals surface area contributed by atoms with Crippen LogP contribution in [0.15, 0.2) is 54.6 Å². The van der Waals surface area contributed by atoms with E-state index in [2.05, 4.69) is 43.3 Å². The van der Waals surface area contributed by atoms with E-state index in [1.807, 2.05) is 30.3 Å². The average Bonchev–Trinajstić information content (AvgIpc) is 2.48. The molecule has 2 rings (SSSR count). The SMILES string of the molecule is CN(C)c1ccc([Se]CCCOc2ccccc2)cc1. The van der Waals surface area contributed by atoms with Gasteiger partial charge in [0.15, 0.2) is 0 Å². The van der Waals surface area contributed by atoms with E-state index in [-0.39, 0.29) is 0 Å². The summed E-state index contributed by atoms with van der Waals surface area (Å²) < 4.78 is 7.16. The van der Waals surface area contributed by atoms with Crippen LogP contribution in [-0.2, 0) is 0 Å². The average molecular weight is 334 g/mol. The van der Waals surface area contributed by atoms with E-state index in [1.165, 1.54) is 15.5 Å². The minimum absolute atomic E-state index is 0.547. The van der Waals surface area contributed by atoms with Crippen molar-refractivity contribution in [2.45, 2.75) is 11.7 Å². The predicted molar refractivity (Wildman–Crippen MR) is 87.5 cm³/mol. The fraction of sp³-hybridized carbons (Fsp3) is 0.294. The Hall–Kier alpha value is -1.44. The van der Waals surface area contributed by atoms with Crippen LogP contribution in [-0.4, -0.2) is 35.7 Å². The molecule has 0 aliphatic rings. The standard InChI is InChI=1S/C17H21NOSe/c1-18(2)15-9-11-17(12-10-15)20-14-6-13-19-16-7-4-3-5-8-16/h3-5,7-12H,6,13-14H2,1-2H3. The van der Waals surface area contributed by atoms with Crippen molar-refractivity contribution >= 4 is 25.1 Å². The van der Waals surface area contributed by atoms with Gasteiger partial charge in [-0.3, -0.25) is 0 Å². The van der Waals surface area contributed by atoms with E-state index in [0.717, 1.165) is 18.8 Å². The molecule has 0 amide bonds. The van der Waals surface area contributed by atoms with Gasteiger partial charge in [-0.1, -0.05) is 0 Å². The molecule has 0 fully saturated rings. The van der Waals surface area contributed by atoms with Gasteiger partial charge in [0, 0.05) is 0 Å². The number of hydrogen-bond donors (Lipinski definition) is 0. The van der Waals surface area contributed by atoms with Gasteiger partial charge in [-0.25, -0.2) is 0 Å². The van der Waals surface area contributed by atoms with Crippen molar-refractivity contribution in [2.24, 2.45) is 0 Å². The van der Waals surface area contributed by atoms with E-state index >= 15 is 0 Å². The number of nitrogens with zero attached hydrogens (tertiary/aromatic N) is 1. The topological polar surface area (TPSA) is 12.5 Å². The fourth-order valence-corrected chi connectivity index (χ4v) is 3.53. The van der Waals surface area contributed by atoms with Gasteiger partial charge in [-0.2, -0.15) is 0 Å². The van der Waals surface area contributed by atoms with Gasteiger partial charge >= 0.3 is 128 Å². The molecule has 0 saturated carbocycles. The molecule has 106 valence electrons.